The molecular weight excluding hydrogens is 502 g/mol. The Labute approximate surface area is 200 Å². The first kappa shape index (κ1) is 25.3. The lowest BCUT2D eigenvalue weighted by Crippen LogP contribution is -2.43. The van der Waals surface area contributed by atoms with Gasteiger partial charge in [-0.2, -0.15) is 13.2 Å². The summed E-state index contributed by atoms with van der Waals surface area (Å²) >= 11 is 11.7. The van der Waals surface area contributed by atoms with E-state index in [1.54, 1.807) is 0 Å². The van der Waals surface area contributed by atoms with E-state index >= 15 is 0 Å². The summed E-state index contributed by atoms with van der Waals surface area (Å²) in [5.41, 5.74) is 1.42. The molecule has 2 aromatic carbocycles. The van der Waals surface area contributed by atoms with E-state index in [0.717, 1.165) is 23.2 Å². The molecule has 0 unspecified atom stereocenters. The maximum absolute atomic E-state index is 12.8. The largest absolute Gasteiger partial charge is 0.455 e. The van der Waals surface area contributed by atoms with Crippen molar-refractivity contribution in [3.63, 3.8) is 0 Å². The summed E-state index contributed by atoms with van der Waals surface area (Å²) in [5, 5.41) is 3.53. The second-order valence-electron chi connectivity index (χ2n) is 7.21. The second-order valence-corrected chi connectivity index (χ2v) is 8.02. The molecule has 2 N–H and O–H groups in total. The van der Waals surface area contributed by atoms with Crippen LogP contribution in [0.15, 0.2) is 42.5 Å². The summed E-state index contributed by atoms with van der Waals surface area (Å²) in [7, 11) is 0. The first-order chi connectivity index (χ1) is 15.9. The molecule has 0 radical (unpaired) electrons. The number of carbonyl (C=O) groups excluding carboxylic acids is 4. The number of ether oxygens (including phenoxy) is 1. The SMILES string of the molecule is O=C(COC(=O)[C@H]1CC(=O)N(NC(=O)c2ccc(Cl)c(Cl)c2)C1)Nc1cccc(C(F)(F)F)c1. The third-order valence-corrected chi connectivity index (χ3v) is 5.43. The molecule has 1 aliphatic heterocycles. The van der Waals surface area contributed by atoms with E-state index in [1.165, 1.54) is 24.3 Å². The van der Waals surface area contributed by atoms with Gasteiger partial charge in [0.2, 0.25) is 5.91 Å². The number of benzene rings is 2. The number of anilines is 1. The highest BCUT2D eigenvalue weighted by Crippen LogP contribution is 2.30. The zero-order valence-electron chi connectivity index (χ0n) is 17.1. The minimum Gasteiger partial charge on any atom is -0.455 e. The molecule has 0 bridgehead atoms. The lowest BCUT2D eigenvalue weighted by atomic mass is 10.1. The highest BCUT2D eigenvalue weighted by Gasteiger charge is 2.37. The van der Waals surface area contributed by atoms with Crippen molar-refractivity contribution in [1.82, 2.24) is 10.4 Å². The van der Waals surface area contributed by atoms with E-state index < -0.39 is 48.0 Å². The predicted molar refractivity (Wildman–Crippen MR) is 115 cm³/mol. The lowest BCUT2D eigenvalue weighted by Gasteiger charge is -2.17. The number of hydrogen-bond acceptors (Lipinski definition) is 5. The number of nitrogens with zero attached hydrogens (tertiary/aromatic N) is 1. The van der Waals surface area contributed by atoms with E-state index in [0.29, 0.717) is 0 Å². The van der Waals surface area contributed by atoms with Crippen LogP contribution in [0.5, 0.6) is 0 Å². The van der Waals surface area contributed by atoms with E-state index in [-0.39, 0.29) is 34.3 Å². The minimum atomic E-state index is -4.58. The number of hydrogen-bond donors (Lipinski definition) is 2. The Balaban J connectivity index is 1.50. The van der Waals surface area contributed by atoms with Gasteiger partial charge in [0, 0.05) is 17.7 Å². The zero-order chi connectivity index (χ0) is 25.0. The van der Waals surface area contributed by atoms with Gasteiger partial charge in [-0.05, 0) is 36.4 Å². The Hall–Kier alpha value is -3.31. The Morgan fingerprint density at radius 1 is 1.09 bits per heavy atom. The van der Waals surface area contributed by atoms with Crippen LogP contribution in [0.25, 0.3) is 0 Å². The number of carbonyl (C=O) groups is 4. The molecule has 8 nitrogen and oxygen atoms in total. The lowest BCUT2D eigenvalue weighted by molar-refractivity contribution is -0.151. The molecule has 34 heavy (non-hydrogen) atoms. The average molecular weight is 518 g/mol. The van der Waals surface area contributed by atoms with Gasteiger partial charge in [0.1, 0.15) is 0 Å². The molecule has 13 heteroatoms. The summed E-state index contributed by atoms with van der Waals surface area (Å²) in [6, 6.07) is 8.08. The molecule has 0 aliphatic carbocycles. The Bertz CT molecular complexity index is 1140. The minimum absolute atomic E-state index is 0.122. The molecule has 1 atom stereocenters. The van der Waals surface area contributed by atoms with Crippen molar-refractivity contribution in [1.29, 1.82) is 0 Å². The number of halogens is 5. The summed E-state index contributed by atoms with van der Waals surface area (Å²) in [4.78, 5) is 48.7. The normalized spacial score (nSPS) is 15.7. The molecular formula is C21H16Cl2F3N3O5. The molecule has 1 heterocycles. The first-order valence-corrected chi connectivity index (χ1v) is 10.4. The van der Waals surface area contributed by atoms with Crippen LogP contribution in [0.2, 0.25) is 10.0 Å². The third kappa shape index (κ3) is 6.39. The first-order valence-electron chi connectivity index (χ1n) is 9.64. The van der Waals surface area contributed by atoms with Crippen molar-refractivity contribution in [3.8, 4) is 0 Å². The van der Waals surface area contributed by atoms with Crippen LogP contribution in [-0.2, 0) is 25.3 Å². The van der Waals surface area contributed by atoms with Gasteiger partial charge in [0.15, 0.2) is 6.61 Å². The molecule has 1 fully saturated rings. The van der Waals surface area contributed by atoms with Crippen molar-refractivity contribution >= 4 is 52.6 Å². The maximum atomic E-state index is 12.8. The monoisotopic (exact) mass is 517 g/mol. The number of esters is 1. The van der Waals surface area contributed by atoms with Gasteiger partial charge in [-0.15, -0.1) is 0 Å². The summed E-state index contributed by atoms with van der Waals surface area (Å²) in [6.07, 6.45) is -4.85. The second kappa shape index (κ2) is 10.3. The summed E-state index contributed by atoms with van der Waals surface area (Å²) < 4.78 is 43.1. The van der Waals surface area contributed by atoms with Crippen molar-refractivity contribution in [2.24, 2.45) is 5.92 Å². The van der Waals surface area contributed by atoms with Gasteiger partial charge in [-0.1, -0.05) is 29.3 Å². The van der Waals surface area contributed by atoms with Crippen LogP contribution in [-0.4, -0.2) is 41.9 Å². The zero-order valence-corrected chi connectivity index (χ0v) is 18.6. The number of nitrogens with one attached hydrogen (secondary N) is 2. The van der Waals surface area contributed by atoms with Crippen molar-refractivity contribution in [2.75, 3.05) is 18.5 Å². The number of amides is 3. The van der Waals surface area contributed by atoms with E-state index in [9.17, 15) is 32.3 Å². The maximum Gasteiger partial charge on any atom is 0.416 e. The molecule has 0 spiro atoms. The van der Waals surface area contributed by atoms with Crippen molar-refractivity contribution in [2.45, 2.75) is 12.6 Å². The van der Waals surface area contributed by atoms with Gasteiger partial charge in [-0.3, -0.25) is 29.6 Å². The highest BCUT2D eigenvalue weighted by atomic mass is 35.5. The Morgan fingerprint density at radius 3 is 2.50 bits per heavy atom. The van der Waals surface area contributed by atoms with Crippen LogP contribution in [0.1, 0.15) is 22.3 Å². The molecule has 1 saturated heterocycles. The molecule has 3 rings (SSSR count). The van der Waals surface area contributed by atoms with E-state index in [4.69, 9.17) is 27.9 Å². The van der Waals surface area contributed by atoms with E-state index in [2.05, 4.69) is 10.7 Å². The van der Waals surface area contributed by atoms with Gasteiger partial charge in [-0.25, -0.2) is 0 Å². The molecule has 3 amide bonds. The van der Waals surface area contributed by atoms with Crippen LogP contribution < -0.4 is 10.7 Å². The summed E-state index contributed by atoms with van der Waals surface area (Å²) in [5.74, 6) is -3.89. The van der Waals surface area contributed by atoms with Gasteiger partial charge in [0.25, 0.3) is 11.8 Å². The van der Waals surface area contributed by atoms with Crippen molar-refractivity contribution < 1.29 is 37.1 Å². The Kier molecular flexibility index (Phi) is 7.68. The Morgan fingerprint density at radius 2 is 1.82 bits per heavy atom. The number of rotatable bonds is 6. The molecule has 2 aromatic rings. The fourth-order valence-electron chi connectivity index (χ4n) is 3.02. The van der Waals surface area contributed by atoms with Crippen molar-refractivity contribution in [3.05, 3.63) is 63.6 Å². The number of hydrazine groups is 1. The highest BCUT2D eigenvalue weighted by molar-refractivity contribution is 6.42. The van der Waals surface area contributed by atoms with Gasteiger partial charge in [0.05, 0.1) is 28.1 Å². The molecule has 1 aliphatic rings. The van der Waals surface area contributed by atoms with Crippen LogP contribution in [0.4, 0.5) is 18.9 Å². The van der Waals surface area contributed by atoms with Crippen LogP contribution >= 0.6 is 23.2 Å². The van der Waals surface area contributed by atoms with E-state index in [1.807, 2.05) is 0 Å². The summed E-state index contributed by atoms with van der Waals surface area (Å²) in [6.45, 7) is -0.963. The van der Waals surface area contributed by atoms with Gasteiger partial charge >= 0.3 is 12.1 Å². The predicted octanol–water partition coefficient (Wildman–Crippen LogP) is 3.69. The fraction of sp³-hybridized carbons (Fsp3) is 0.238. The van der Waals surface area contributed by atoms with Crippen LogP contribution in [0, 0.1) is 5.92 Å². The third-order valence-electron chi connectivity index (χ3n) is 4.70. The molecule has 0 saturated carbocycles. The topological polar surface area (TPSA) is 105 Å². The average Bonchev–Trinajstić information content (AvgIpc) is 3.13. The molecule has 0 aromatic heterocycles. The molecule has 180 valence electrons. The fourth-order valence-corrected chi connectivity index (χ4v) is 3.32. The van der Waals surface area contributed by atoms with Crippen LogP contribution in [0.3, 0.4) is 0 Å². The number of alkyl halides is 3. The van der Waals surface area contributed by atoms with Gasteiger partial charge < -0.3 is 10.1 Å². The quantitative estimate of drug-likeness (QED) is 0.568. The standard InChI is InChI=1S/C21H16Cl2F3N3O5/c22-15-5-4-11(6-16(15)23)19(32)28-29-9-12(7-18(29)31)20(33)34-10-17(30)27-14-3-1-2-13(8-14)21(24,25)26/h1-6,8,12H,7,9-10H2,(H,27,30)(H,28,32)/t12-/m0/s1. The smallest absolute Gasteiger partial charge is 0.416 e.